The van der Waals surface area contributed by atoms with Crippen molar-refractivity contribution in [3.8, 4) is 0 Å². The van der Waals surface area contributed by atoms with E-state index < -0.39 is 0 Å². The van der Waals surface area contributed by atoms with E-state index in [0.717, 1.165) is 19.4 Å². The Labute approximate surface area is 85.0 Å². The summed E-state index contributed by atoms with van der Waals surface area (Å²) in [5.41, 5.74) is 6.67. The van der Waals surface area contributed by atoms with E-state index in [4.69, 9.17) is 10.5 Å². The van der Waals surface area contributed by atoms with Crippen LogP contribution in [0, 0.1) is 0 Å². The third kappa shape index (κ3) is 3.12. The summed E-state index contributed by atoms with van der Waals surface area (Å²) in [5.74, 6) is 0. The minimum atomic E-state index is 0.390. The second-order valence-electron chi connectivity index (χ2n) is 3.50. The smallest absolute Gasteiger partial charge is 0.0522 e. The number of rotatable bonds is 6. The van der Waals surface area contributed by atoms with Gasteiger partial charge in [-0.05, 0) is 31.9 Å². The number of hydrogen-bond acceptors (Lipinski definition) is 3. The highest BCUT2D eigenvalue weighted by molar-refractivity contribution is 5.04. The molecule has 0 aliphatic heterocycles. The standard InChI is InChI=1S/C10H19N3O/c1-9(4-6-14-2)13-8-10(3-5-11)7-12-13/h7-9H,3-6,11H2,1-2H3. The van der Waals surface area contributed by atoms with Crippen LogP contribution in [-0.4, -0.2) is 30.0 Å². The Bertz CT molecular complexity index is 260. The van der Waals surface area contributed by atoms with E-state index in [1.807, 2.05) is 10.9 Å². The Morgan fingerprint density at radius 3 is 3.07 bits per heavy atom. The quantitative estimate of drug-likeness (QED) is 0.739. The number of nitrogens with two attached hydrogens (primary N) is 1. The largest absolute Gasteiger partial charge is 0.385 e. The molecule has 0 aromatic carbocycles. The second kappa shape index (κ2) is 5.78. The molecule has 2 N–H and O–H groups in total. The fourth-order valence-corrected chi connectivity index (χ4v) is 1.33. The van der Waals surface area contributed by atoms with Gasteiger partial charge in [0, 0.05) is 19.9 Å². The van der Waals surface area contributed by atoms with Crippen molar-refractivity contribution in [1.29, 1.82) is 0 Å². The number of aromatic nitrogens is 2. The summed E-state index contributed by atoms with van der Waals surface area (Å²) in [6, 6.07) is 0.390. The second-order valence-corrected chi connectivity index (χ2v) is 3.50. The molecule has 0 aliphatic rings. The van der Waals surface area contributed by atoms with Gasteiger partial charge in [0.2, 0.25) is 0 Å². The van der Waals surface area contributed by atoms with Gasteiger partial charge in [-0.15, -0.1) is 0 Å². The van der Waals surface area contributed by atoms with Crippen molar-refractivity contribution in [2.45, 2.75) is 25.8 Å². The van der Waals surface area contributed by atoms with Crippen LogP contribution in [0.3, 0.4) is 0 Å². The molecule has 1 heterocycles. The van der Waals surface area contributed by atoms with Crippen molar-refractivity contribution in [3.05, 3.63) is 18.0 Å². The molecule has 1 aromatic heterocycles. The molecule has 0 fully saturated rings. The van der Waals surface area contributed by atoms with Crippen LogP contribution in [0.1, 0.15) is 24.9 Å². The van der Waals surface area contributed by atoms with Crippen LogP contribution in [0.2, 0.25) is 0 Å². The van der Waals surface area contributed by atoms with Crippen LogP contribution in [0.4, 0.5) is 0 Å². The zero-order valence-electron chi connectivity index (χ0n) is 8.94. The van der Waals surface area contributed by atoms with Crippen molar-refractivity contribution < 1.29 is 4.74 Å². The first-order valence-corrected chi connectivity index (χ1v) is 5.00. The van der Waals surface area contributed by atoms with E-state index in [1.165, 1.54) is 5.56 Å². The first-order chi connectivity index (χ1) is 6.77. The zero-order chi connectivity index (χ0) is 10.4. The zero-order valence-corrected chi connectivity index (χ0v) is 8.94. The number of ether oxygens (including phenoxy) is 1. The fourth-order valence-electron chi connectivity index (χ4n) is 1.33. The van der Waals surface area contributed by atoms with Gasteiger partial charge in [-0.2, -0.15) is 5.10 Å². The molecule has 0 saturated carbocycles. The van der Waals surface area contributed by atoms with Gasteiger partial charge in [0.25, 0.3) is 0 Å². The van der Waals surface area contributed by atoms with Crippen LogP contribution in [0.25, 0.3) is 0 Å². The normalized spacial score (nSPS) is 13.1. The summed E-state index contributed by atoms with van der Waals surface area (Å²) in [6.45, 7) is 3.59. The topological polar surface area (TPSA) is 53.1 Å². The Kier molecular flexibility index (Phi) is 4.62. The van der Waals surface area contributed by atoms with Gasteiger partial charge in [0.15, 0.2) is 0 Å². The molecule has 0 aliphatic carbocycles. The lowest BCUT2D eigenvalue weighted by Crippen LogP contribution is -2.08. The molecule has 1 rings (SSSR count). The molecular weight excluding hydrogens is 178 g/mol. The fraction of sp³-hybridized carbons (Fsp3) is 0.700. The van der Waals surface area contributed by atoms with E-state index in [1.54, 1.807) is 7.11 Å². The lowest BCUT2D eigenvalue weighted by molar-refractivity contribution is 0.178. The lowest BCUT2D eigenvalue weighted by atomic mass is 10.2. The van der Waals surface area contributed by atoms with Gasteiger partial charge < -0.3 is 10.5 Å². The van der Waals surface area contributed by atoms with Gasteiger partial charge >= 0.3 is 0 Å². The van der Waals surface area contributed by atoms with Crippen molar-refractivity contribution in [2.75, 3.05) is 20.3 Å². The highest BCUT2D eigenvalue weighted by Gasteiger charge is 2.05. The SMILES string of the molecule is COCCC(C)n1cc(CCN)cn1. The molecule has 1 unspecified atom stereocenters. The van der Waals surface area contributed by atoms with Crippen molar-refractivity contribution in [1.82, 2.24) is 9.78 Å². The minimum Gasteiger partial charge on any atom is -0.385 e. The molecular formula is C10H19N3O. The van der Waals surface area contributed by atoms with E-state index >= 15 is 0 Å². The minimum absolute atomic E-state index is 0.390. The first kappa shape index (κ1) is 11.2. The predicted molar refractivity (Wildman–Crippen MR) is 56.2 cm³/mol. The maximum atomic E-state index is 5.47. The molecule has 14 heavy (non-hydrogen) atoms. The molecule has 0 spiro atoms. The first-order valence-electron chi connectivity index (χ1n) is 5.00. The molecule has 4 nitrogen and oxygen atoms in total. The number of nitrogens with zero attached hydrogens (tertiary/aromatic N) is 2. The van der Waals surface area contributed by atoms with Gasteiger partial charge in [0.05, 0.1) is 12.2 Å². The van der Waals surface area contributed by atoms with Crippen LogP contribution in [0.15, 0.2) is 12.4 Å². The van der Waals surface area contributed by atoms with Gasteiger partial charge in [-0.1, -0.05) is 0 Å². The predicted octanol–water partition coefficient (Wildman–Crippen LogP) is 0.982. The van der Waals surface area contributed by atoms with Crippen LogP contribution >= 0.6 is 0 Å². The molecule has 0 amide bonds. The average Bonchev–Trinajstić information content (AvgIpc) is 2.63. The Hall–Kier alpha value is -0.870. The maximum absolute atomic E-state index is 5.47. The summed E-state index contributed by atoms with van der Waals surface area (Å²) >= 11 is 0. The molecule has 1 atom stereocenters. The summed E-state index contributed by atoms with van der Waals surface area (Å²) in [6.07, 6.45) is 5.83. The summed E-state index contributed by atoms with van der Waals surface area (Å²) < 4.78 is 7.00. The summed E-state index contributed by atoms with van der Waals surface area (Å²) in [5, 5.41) is 4.29. The number of hydrogen-bond donors (Lipinski definition) is 1. The Morgan fingerprint density at radius 1 is 1.64 bits per heavy atom. The van der Waals surface area contributed by atoms with Crippen LogP contribution in [-0.2, 0) is 11.2 Å². The van der Waals surface area contributed by atoms with E-state index in [2.05, 4.69) is 18.2 Å². The van der Waals surface area contributed by atoms with Gasteiger partial charge in [-0.25, -0.2) is 0 Å². The third-order valence-electron chi connectivity index (χ3n) is 2.28. The van der Waals surface area contributed by atoms with Crippen molar-refractivity contribution in [3.63, 3.8) is 0 Å². The Morgan fingerprint density at radius 2 is 2.43 bits per heavy atom. The van der Waals surface area contributed by atoms with E-state index in [-0.39, 0.29) is 0 Å². The lowest BCUT2D eigenvalue weighted by Gasteiger charge is -2.10. The Balaban J connectivity index is 2.48. The number of methoxy groups -OCH3 is 1. The molecule has 1 aromatic rings. The van der Waals surface area contributed by atoms with Crippen molar-refractivity contribution in [2.24, 2.45) is 5.73 Å². The van der Waals surface area contributed by atoms with Crippen molar-refractivity contribution >= 4 is 0 Å². The highest BCUT2D eigenvalue weighted by atomic mass is 16.5. The van der Waals surface area contributed by atoms with E-state index in [9.17, 15) is 0 Å². The van der Waals surface area contributed by atoms with Gasteiger partial charge in [-0.3, -0.25) is 4.68 Å². The molecule has 80 valence electrons. The third-order valence-corrected chi connectivity index (χ3v) is 2.28. The van der Waals surface area contributed by atoms with Gasteiger partial charge in [0.1, 0.15) is 0 Å². The molecule has 0 bridgehead atoms. The average molecular weight is 197 g/mol. The summed E-state index contributed by atoms with van der Waals surface area (Å²) in [4.78, 5) is 0. The van der Waals surface area contributed by atoms with Crippen LogP contribution < -0.4 is 5.73 Å². The monoisotopic (exact) mass is 197 g/mol. The molecule has 4 heteroatoms. The highest BCUT2D eigenvalue weighted by Crippen LogP contribution is 2.10. The molecule has 0 radical (unpaired) electrons. The molecule has 0 saturated heterocycles. The summed E-state index contributed by atoms with van der Waals surface area (Å²) in [7, 11) is 1.72. The maximum Gasteiger partial charge on any atom is 0.0522 e. The van der Waals surface area contributed by atoms with E-state index in [0.29, 0.717) is 12.6 Å². The van der Waals surface area contributed by atoms with Crippen LogP contribution in [0.5, 0.6) is 0 Å².